The van der Waals surface area contributed by atoms with Gasteiger partial charge in [0.2, 0.25) is 0 Å². The Kier molecular flexibility index (Phi) is 9.58. The van der Waals surface area contributed by atoms with Crippen LogP contribution in [0.1, 0.15) is 30.6 Å². The zero-order chi connectivity index (χ0) is 16.9. The Balaban J connectivity index is 0.00000484. The molecule has 5 nitrogen and oxygen atoms in total. The number of nitrogens with two attached hydrogens (primary N) is 1. The lowest BCUT2D eigenvalue weighted by Gasteiger charge is -2.22. The average molecular weight is 410 g/mol. The van der Waals surface area contributed by atoms with Crippen LogP contribution in [0.3, 0.4) is 0 Å². The number of amides is 1. The lowest BCUT2D eigenvalue weighted by atomic mass is 10.0. The lowest BCUT2D eigenvalue weighted by Crippen LogP contribution is -2.34. The van der Waals surface area contributed by atoms with Gasteiger partial charge in [0.25, 0.3) is 5.91 Å². The summed E-state index contributed by atoms with van der Waals surface area (Å²) in [6.07, 6.45) is 0.769. The van der Waals surface area contributed by atoms with Gasteiger partial charge >= 0.3 is 0 Å². The van der Waals surface area contributed by atoms with Gasteiger partial charge in [-0.15, -0.1) is 12.4 Å². The predicted octanol–water partition coefficient (Wildman–Crippen LogP) is 3.33. The molecule has 1 unspecified atom stereocenters. The van der Waals surface area contributed by atoms with Crippen LogP contribution in [0.15, 0.2) is 16.6 Å². The molecule has 0 aliphatic heterocycles. The highest BCUT2D eigenvalue weighted by Gasteiger charge is 2.18. The van der Waals surface area contributed by atoms with Crippen molar-refractivity contribution < 1.29 is 14.3 Å². The molecule has 0 spiro atoms. The van der Waals surface area contributed by atoms with Gasteiger partial charge in [-0.1, -0.05) is 13.8 Å². The van der Waals surface area contributed by atoms with Gasteiger partial charge in [0, 0.05) is 25.2 Å². The molecule has 0 aromatic heterocycles. The normalized spacial score (nSPS) is 11.7. The highest BCUT2D eigenvalue weighted by Crippen LogP contribution is 2.35. The molecule has 2 N–H and O–H groups in total. The lowest BCUT2D eigenvalue weighted by molar-refractivity contribution is 0.0788. The summed E-state index contributed by atoms with van der Waals surface area (Å²) < 4.78 is 11.2. The van der Waals surface area contributed by atoms with Gasteiger partial charge in [0.15, 0.2) is 0 Å². The molecule has 1 atom stereocenters. The van der Waals surface area contributed by atoms with E-state index in [-0.39, 0.29) is 24.4 Å². The Morgan fingerprint density at radius 2 is 1.74 bits per heavy atom. The highest BCUT2D eigenvalue weighted by atomic mass is 79.9. The Morgan fingerprint density at radius 3 is 2.13 bits per heavy atom. The number of nitrogens with zero attached hydrogens (tertiary/aromatic N) is 1. The average Bonchev–Trinajstić information content (AvgIpc) is 2.51. The van der Waals surface area contributed by atoms with Crippen LogP contribution < -0.4 is 15.2 Å². The van der Waals surface area contributed by atoms with Crippen LogP contribution in [0.5, 0.6) is 11.5 Å². The minimum absolute atomic E-state index is 0. The second kappa shape index (κ2) is 10.0. The van der Waals surface area contributed by atoms with E-state index < -0.39 is 0 Å². The van der Waals surface area contributed by atoms with Crippen LogP contribution in [0, 0.1) is 5.92 Å². The Hall–Kier alpha value is -0.980. The fraction of sp³-hybridized carbons (Fsp3) is 0.562. The molecule has 1 aromatic carbocycles. The third-order valence-electron chi connectivity index (χ3n) is 3.69. The number of carbonyl (C=O) groups is 1. The van der Waals surface area contributed by atoms with E-state index in [0.29, 0.717) is 34.0 Å². The molecule has 1 aromatic rings. The van der Waals surface area contributed by atoms with E-state index in [2.05, 4.69) is 29.8 Å². The van der Waals surface area contributed by atoms with Crippen molar-refractivity contribution in [2.45, 2.75) is 26.3 Å². The molecule has 0 saturated carbocycles. The molecule has 0 radical (unpaired) electrons. The first kappa shape index (κ1) is 22.0. The van der Waals surface area contributed by atoms with Crippen LogP contribution >= 0.6 is 28.3 Å². The smallest absolute Gasteiger partial charge is 0.253 e. The minimum Gasteiger partial charge on any atom is -0.495 e. The molecule has 0 heterocycles. The van der Waals surface area contributed by atoms with E-state index >= 15 is 0 Å². The van der Waals surface area contributed by atoms with Gasteiger partial charge in [-0.3, -0.25) is 4.79 Å². The summed E-state index contributed by atoms with van der Waals surface area (Å²) in [7, 11) is 4.88. The van der Waals surface area contributed by atoms with E-state index in [0.717, 1.165) is 6.42 Å². The Morgan fingerprint density at radius 1 is 1.26 bits per heavy atom. The van der Waals surface area contributed by atoms with E-state index in [1.54, 1.807) is 38.3 Å². The zero-order valence-electron chi connectivity index (χ0n) is 14.3. The summed E-state index contributed by atoms with van der Waals surface area (Å²) in [5.41, 5.74) is 6.56. The van der Waals surface area contributed by atoms with Crippen LogP contribution in [0.4, 0.5) is 0 Å². The second-order valence-electron chi connectivity index (χ2n) is 5.62. The van der Waals surface area contributed by atoms with E-state index in [1.165, 1.54) is 0 Å². The maximum Gasteiger partial charge on any atom is 0.253 e. The summed E-state index contributed by atoms with van der Waals surface area (Å²) in [4.78, 5) is 14.2. The van der Waals surface area contributed by atoms with Crippen molar-refractivity contribution in [2.75, 3.05) is 27.8 Å². The van der Waals surface area contributed by atoms with Crippen LogP contribution in [0.2, 0.25) is 0 Å². The van der Waals surface area contributed by atoms with Gasteiger partial charge in [-0.2, -0.15) is 0 Å². The molecule has 0 aliphatic carbocycles. The van der Waals surface area contributed by atoms with E-state index in [4.69, 9.17) is 15.2 Å². The minimum atomic E-state index is -0.0833. The number of hydrogen-bond acceptors (Lipinski definition) is 4. The first-order valence-electron chi connectivity index (χ1n) is 7.24. The van der Waals surface area contributed by atoms with Crippen LogP contribution in [-0.4, -0.2) is 44.7 Å². The van der Waals surface area contributed by atoms with Gasteiger partial charge in [0.1, 0.15) is 16.0 Å². The molecule has 1 rings (SSSR count). The van der Waals surface area contributed by atoms with Crippen molar-refractivity contribution in [1.29, 1.82) is 0 Å². The molecule has 1 amide bonds. The van der Waals surface area contributed by atoms with Crippen molar-refractivity contribution in [3.63, 3.8) is 0 Å². The zero-order valence-corrected chi connectivity index (χ0v) is 16.7. The number of methoxy groups -OCH3 is 2. The van der Waals surface area contributed by atoms with Gasteiger partial charge < -0.3 is 20.1 Å². The molecule has 132 valence electrons. The first-order chi connectivity index (χ1) is 10.3. The SMILES string of the molecule is COc1cc(C(=O)N(C)CCC(N)C(C)C)cc(OC)c1Br.Cl. The van der Waals surface area contributed by atoms with Crippen LogP contribution in [-0.2, 0) is 0 Å². The number of benzene rings is 1. The summed E-state index contributed by atoms with van der Waals surface area (Å²) >= 11 is 3.40. The molecule has 0 fully saturated rings. The van der Waals surface area contributed by atoms with Crippen LogP contribution in [0.25, 0.3) is 0 Å². The number of rotatable bonds is 7. The quantitative estimate of drug-likeness (QED) is 0.750. The first-order valence-corrected chi connectivity index (χ1v) is 8.03. The van der Waals surface area contributed by atoms with Crippen molar-refractivity contribution in [3.05, 3.63) is 22.2 Å². The largest absolute Gasteiger partial charge is 0.495 e. The van der Waals surface area contributed by atoms with E-state index in [9.17, 15) is 4.79 Å². The molecule has 0 aliphatic rings. The third kappa shape index (κ3) is 5.86. The number of hydrogen-bond donors (Lipinski definition) is 1. The summed E-state index contributed by atoms with van der Waals surface area (Å²) in [6.45, 7) is 4.77. The number of halogens is 2. The van der Waals surface area contributed by atoms with Crippen molar-refractivity contribution in [3.8, 4) is 11.5 Å². The molecular formula is C16H26BrClN2O3. The second-order valence-corrected chi connectivity index (χ2v) is 6.41. The molecule has 0 bridgehead atoms. The van der Waals surface area contributed by atoms with E-state index in [1.807, 2.05) is 0 Å². The predicted molar refractivity (Wildman–Crippen MR) is 98.9 cm³/mol. The fourth-order valence-corrected chi connectivity index (χ4v) is 2.54. The standard InChI is InChI=1S/C16H25BrN2O3.ClH/c1-10(2)12(18)6-7-19(3)16(20)11-8-13(21-4)15(17)14(9-11)22-5;/h8-10,12H,6-7,18H2,1-5H3;1H. The molecule has 7 heteroatoms. The monoisotopic (exact) mass is 408 g/mol. The maximum atomic E-state index is 12.5. The summed E-state index contributed by atoms with van der Waals surface area (Å²) in [5, 5.41) is 0. The summed E-state index contributed by atoms with van der Waals surface area (Å²) in [6, 6.07) is 3.49. The topological polar surface area (TPSA) is 64.8 Å². The molecule has 0 saturated heterocycles. The summed E-state index contributed by atoms with van der Waals surface area (Å²) in [5.74, 6) is 1.45. The van der Waals surface area contributed by atoms with Crippen molar-refractivity contribution >= 4 is 34.2 Å². The molecular weight excluding hydrogens is 384 g/mol. The van der Waals surface area contributed by atoms with Gasteiger partial charge in [0.05, 0.1) is 14.2 Å². The fourth-order valence-electron chi connectivity index (χ4n) is 1.99. The third-order valence-corrected chi connectivity index (χ3v) is 4.48. The maximum absolute atomic E-state index is 12.5. The number of ether oxygens (including phenoxy) is 2. The Labute approximate surface area is 153 Å². The van der Waals surface area contributed by atoms with Gasteiger partial charge in [-0.25, -0.2) is 0 Å². The number of carbonyl (C=O) groups excluding carboxylic acids is 1. The molecule has 23 heavy (non-hydrogen) atoms. The van der Waals surface area contributed by atoms with Crippen molar-refractivity contribution in [1.82, 2.24) is 4.90 Å². The Bertz CT molecular complexity index is 501. The van der Waals surface area contributed by atoms with Gasteiger partial charge in [-0.05, 0) is 40.4 Å². The highest BCUT2D eigenvalue weighted by molar-refractivity contribution is 9.10. The van der Waals surface area contributed by atoms with Crippen molar-refractivity contribution in [2.24, 2.45) is 11.7 Å².